The minimum absolute atomic E-state index is 0.383. The molecule has 10 heteroatoms. The van der Waals surface area contributed by atoms with Gasteiger partial charge in [-0.3, -0.25) is 14.2 Å². The van der Waals surface area contributed by atoms with Crippen LogP contribution in [0.2, 0.25) is 25.7 Å². The fourth-order valence-electron chi connectivity index (χ4n) is 3.73. The summed E-state index contributed by atoms with van der Waals surface area (Å²) in [5.41, 5.74) is 4.57. The number of hydrogen-bond acceptors (Lipinski definition) is 6. The largest absolute Gasteiger partial charge is 0.360 e. The van der Waals surface area contributed by atoms with E-state index in [0.29, 0.717) is 6.73 Å². The highest BCUT2D eigenvalue weighted by Crippen LogP contribution is 2.31. The number of rotatable bonds is 8. The summed E-state index contributed by atoms with van der Waals surface area (Å²) in [6.07, 6.45) is 12.8. The zero-order valence-electron chi connectivity index (χ0n) is 19.9. The van der Waals surface area contributed by atoms with Gasteiger partial charge < -0.3 is 4.74 Å². The van der Waals surface area contributed by atoms with Crippen LogP contribution in [0.4, 0.5) is 0 Å². The highest BCUT2D eigenvalue weighted by Gasteiger charge is 2.17. The average Bonchev–Trinajstić information content (AvgIpc) is 3.56. The zero-order valence-corrected chi connectivity index (χ0v) is 20.9. The van der Waals surface area contributed by atoms with Crippen molar-refractivity contribution in [1.82, 2.24) is 39.1 Å². The maximum atomic E-state index is 6.02. The molecule has 5 aromatic rings. The van der Waals surface area contributed by atoms with Crippen LogP contribution < -0.4 is 0 Å². The van der Waals surface area contributed by atoms with Crippen LogP contribution in [0.25, 0.3) is 39.2 Å². The van der Waals surface area contributed by atoms with Gasteiger partial charge in [0.15, 0.2) is 0 Å². The standard InChI is InChI=1S/C24H28N8OSi/c1-30-15-19(13-28-30)21-12-20-22(14-27-21)32(17-33-9-10-34(2,3)4)29-24(20)18-5-6-26-23(11-18)31-8-7-25-16-31/h5-8,11-16H,9-10,17H2,1-4H3. The molecule has 34 heavy (non-hydrogen) atoms. The van der Waals surface area contributed by atoms with Crippen molar-refractivity contribution in [3.63, 3.8) is 0 Å². The number of nitrogens with zero attached hydrogens (tertiary/aromatic N) is 8. The molecular formula is C24H28N8OSi. The molecule has 0 saturated heterocycles. The normalized spacial score (nSPS) is 12.0. The van der Waals surface area contributed by atoms with Crippen molar-refractivity contribution in [2.75, 3.05) is 6.61 Å². The molecule has 0 aliphatic heterocycles. The number of pyridine rings is 2. The molecule has 0 bridgehead atoms. The fourth-order valence-corrected chi connectivity index (χ4v) is 4.48. The first-order chi connectivity index (χ1) is 16.4. The highest BCUT2D eigenvalue weighted by molar-refractivity contribution is 6.76. The molecule has 0 saturated carbocycles. The molecule has 5 rings (SSSR count). The minimum atomic E-state index is -1.16. The average molecular weight is 473 g/mol. The second-order valence-electron chi connectivity index (χ2n) is 9.56. The van der Waals surface area contributed by atoms with Gasteiger partial charge in [-0.2, -0.15) is 10.2 Å². The molecule has 9 nitrogen and oxygen atoms in total. The van der Waals surface area contributed by atoms with Crippen LogP contribution in [0.1, 0.15) is 0 Å². The number of fused-ring (bicyclic) bond motifs is 1. The Balaban J connectivity index is 1.55. The van der Waals surface area contributed by atoms with Crippen LogP contribution in [0.15, 0.2) is 61.7 Å². The van der Waals surface area contributed by atoms with Gasteiger partial charge >= 0.3 is 0 Å². The van der Waals surface area contributed by atoms with Crippen molar-refractivity contribution in [2.45, 2.75) is 32.4 Å². The zero-order chi connectivity index (χ0) is 23.7. The Morgan fingerprint density at radius 1 is 1.03 bits per heavy atom. The maximum Gasteiger partial charge on any atom is 0.140 e. The molecule has 174 valence electrons. The molecule has 0 aliphatic rings. The smallest absolute Gasteiger partial charge is 0.140 e. The van der Waals surface area contributed by atoms with Gasteiger partial charge in [0.1, 0.15) is 24.6 Å². The molecular weight excluding hydrogens is 444 g/mol. The van der Waals surface area contributed by atoms with E-state index < -0.39 is 8.07 Å². The third-order valence-electron chi connectivity index (χ3n) is 5.64. The maximum absolute atomic E-state index is 6.02. The van der Waals surface area contributed by atoms with Crippen molar-refractivity contribution >= 4 is 19.0 Å². The van der Waals surface area contributed by atoms with Gasteiger partial charge in [0.05, 0.1) is 23.6 Å². The van der Waals surface area contributed by atoms with Crippen LogP contribution in [0, 0.1) is 0 Å². The SMILES string of the molecule is Cn1cc(-c2cc3c(-c4ccnc(-n5ccnc5)c4)nn(COCC[Si](C)(C)C)c3cn2)cn1. The lowest BCUT2D eigenvalue weighted by Gasteiger charge is -2.15. The first kappa shape index (κ1) is 22.2. The first-order valence-electron chi connectivity index (χ1n) is 11.3. The van der Waals surface area contributed by atoms with Gasteiger partial charge in [0.25, 0.3) is 0 Å². The van der Waals surface area contributed by atoms with E-state index in [1.54, 1.807) is 23.4 Å². The van der Waals surface area contributed by atoms with E-state index in [1.807, 2.05) is 53.2 Å². The molecule has 0 fully saturated rings. The molecule has 0 aliphatic carbocycles. The Kier molecular flexibility index (Phi) is 5.84. The van der Waals surface area contributed by atoms with E-state index in [4.69, 9.17) is 14.8 Å². The van der Waals surface area contributed by atoms with Crippen molar-refractivity contribution in [3.8, 4) is 28.3 Å². The van der Waals surface area contributed by atoms with Crippen LogP contribution in [0.5, 0.6) is 0 Å². The van der Waals surface area contributed by atoms with Crippen LogP contribution in [0.3, 0.4) is 0 Å². The third kappa shape index (κ3) is 4.68. The monoisotopic (exact) mass is 472 g/mol. The molecule has 0 spiro atoms. The molecule has 0 atom stereocenters. The number of hydrogen-bond donors (Lipinski definition) is 0. The van der Waals surface area contributed by atoms with Crippen molar-refractivity contribution in [2.24, 2.45) is 7.05 Å². The van der Waals surface area contributed by atoms with Gasteiger partial charge in [-0.1, -0.05) is 19.6 Å². The number of aryl methyl sites for hydroxylation is 1. The number of aromatic nitrogens is 8. The molecule has 5 heterocycles. The minimum Gasteiger partial charge on any atom is -0.360 e. The molecule has 0 N–H and O–H groups in total. The Morgan fingerprint density at radius 2 is 1.91 bits per heavy atom. The molecule has 0 radical (unpaired) electrons. The molecule has 0 unspecified atom stereocenters. The fraction of sp³-hybridized carbons (Fsp3) is 0.292. The van der Waals surface area contributed by atoms with Gasteiger partial charge in [0, 0.05) is 63.0 Å². The van der Waals surface area contributed by atoms with E-state index in [2.05, 4.69) is 40.8 Å². The first-order valence-corrected chi connectivity index (χ1v) is 15.0. The van der Waals surface area contributed by atoms with Gasteiger partial charge in [-0.15, -0.1) is 0 Å². The highest BCUT2D eigenvalue weighted by atomic mass is 28.3. The summed E-state index contributed by atoms with van der Waals surface area (Å²) in [5, 5.41) is 10.2. The van der Waals surface area contributed by atoms with Crippen molar-refractivity contribution < 1.29 is 4.74 Å². The third-order valence-corrected chi connectivity index (χ3v) is 7.34. The molecule has 0 aromatic carbocycles. The van der Waals surface area contributed by atoms with Crippen molar-refractivity contribution in [3.05, 3.63) is 61.7 Å². The number of imidazole rings is 1. The Bertz CT molecular complexity index is 1410. The van der Waals surface area contributed by atoms with E-state index >= 15 is 0 Å². The quantitative estimate of drug-likeness (QED) is 0.246. The summed E-state index contributed by atoms with van der Waals surface area (Å²) < 4.78 is 11.6. The summed E-state index contributed by atoms with van der Waals surface area (Å²) in [6, 6.07) is 7.18. The Labute approximate surface area is 199 Å². The van der Waals surface area contributed by atoms with Gasteiger partial charge in [-0.05, 0) is 24.2 Å². The topological polar surface area (TPSA) is 88.5 Å². The van der Waals surface area contributed by atoms with Gasteiger partial charge in [-0.25, -0.2) is 14.6 Å². The van der Waals surface area contributed by atoms with Crippen LogP contribution >= 0.6 is 0 Å². The summed E-state index contributed by atoms with van der Waals surface area (Å²) in [6.45, 7) is 8.16. The van der Waals surface area contributed by atoms with E-state index in [1.165, 1.54) is 0 Å². The second kappa shape index (κ2) is 8.96. The van der Waals surface area contributed by atoms with Crippen LogP contribution in [-0.4, -0.2) is 53.8 Å². The summed E-state index contributed by atoms with van der Waals surface area (Å²) in [7, 11) is 0.739. The van der Waals surface area contributed by atoms with E-state index in [9.17, 15) is 0 Å². The predicted octanol–water partition coefficient (Wildman–Crippen LogP) is 4.39. The lowest BCUT2D eigenvalue weighted by molar-refractivity contribution is 0.0818. The van der Waals surface area contributed by atoms with Gasteiger partial charge in [0.2, 0.25) is 0 Å². The molecule has 5 aromatic heterocycles. The predicted molar refractivity (Wildman–Crippen MR) is 134 cm³/mol. The van der Waals surface area contributed by atoms with Crippen LogP contribution in [-0.2, 0) is 18.5 Å². The lowest BCUT2D eigenvalue weighted by Crippen LogP contribution is -2.22. The summed E-state index contributed by atoms with van der Waals surface area (Å²) >= 11 is 0. The summed E-state index contributed by atoms with van der Waals surface area (Å²) in [4.78, 5) is 13.3. The Morgan fingerprint density at radius 3 is 2.65 bits per heavy atom. The van der Waals surface area contributed by atoms with Crippen molar-refractivity contribution in [1.29, 1.82) is 0 Å². The Hall–Kier alpha value is -3.63. The second-order valence-corrected chi connectivity index (χ2v) is 15.2. The van der Waals surface area contributed by atoms with E-state index in [-0.39, 0.29) is 0 Å². The number of ether oxygens (including phenoxy) is 1. The van der Waals surface area contributed by atoms with E-state index in [0.717, 1.165) is 51.9 Å². The summed E-state index contributed by atoms with van der Waals surface area (Å²) in [5.74, 6) is 0.783. The lowest BCUT2D eigenvalue weighted by atomic mass is 10.1. The molecule has 0 amide bonds.